The predicted molar refractivity (Wildman–Crippen MR) is 49.0 cm³/mol. The van der Waals surface area contributed by atoms with Gasteiger partial charge in [-0.25, -0.2) is 0 Å². The van der Waals surface area contributed by atoms with Crippen LogP contribution in [-0.4, -0.2) is 19.0 Å². The van der Waals surface area contributed by atoms with Gasteiger partial charge in [0, 0.05) is 6.61 Å². The maximum Gasteiger partial charge on any atom is 0.157 e. The normalized spacial score (nSPS) is 24.8. The molecule has 0 spiro atoms. The summed E-state index contributed by atoms with van der Waals surface area (Å²) in [5, 5.41) is 0. The van der Waals surface area contributed by atoms with Crippen LogP contribution in [0.3, 0.4) is 0 Å². The molecular weight excluding hydrogens is 152 g/mol. The lowest BCUT2D eigenvalue weighted by Crippen LogP contribution is -2.27. The standard InChI is InChI=1S/C10H20O2/c1-3-9(4-2)12-10-7-5-6-8-11-10/h9-10H,3-8H2,1-2H3/t10-/m0/s1. The van der Waals surface area contributed by atoms with Gasteiger partial charge < -0.3 is 9.47 Å². The molecule has 1 saturated heterocycles. The van der Waals surface area contributed by atoms with Crippen LogP contribution in [0, 0.1) is 0 Å². The van der Waals surface area contributed by atoms with E-state index in [-0.39, 0.29) is 6.29 Å². The van der Waals surface area contributed by atoms with Crippen molar-refractivity contribution in [3.63, 3.8) is 0 Å². The Balaban J connectivity index is 2.18. The first-order valence-electron chi connectivity index (χ1n) is 5.13. The van der Waals surface area contributed by atoms with Gasteiger partial charge in [-0.1, -0.05) is 13.8 Å². The molecule has 0 bridgehead atoms. The summed E-state index contributed by atoms with van der Waals surface area (Å²) in [7, 11) is 0. The van der Waals surface area contributed by atoms with E-state index < -0.39 is 0 Å². The van der Waals surface area contributed by atoms with Crippen molar-refractivity contribution in [3.05, 3.63) is 0 Å². The van der Waals surface area contributed by atoms with Gasteiger partial charge in [-0.05, 0) is 32.1 Å². The van der Waals surface area contributed by atoms with E-state index >= 15 is 0 Å². The topological polar surface area (TPSA) is 18.5 Å². The molecular formula is C10H20O2. The molecule has 0 aromatic rings. The predicted octanol–water partition coefficient (Wildman–Crippen LogP) is 2.72. The summed E-state index contributed by atoms with van der Waals surface area (Å²) in [5.41, 5.74) is 0. The van der Waals surface area contributed by atoms with Crippen molar-refractivity contribution in [3.8, 4) is 0 Å². The first kappa shape index (κ1) is 10.0. The van der Waals surface area contributed by atoms with Crippen molar-refractivity contribution >= 4 is 0 Å². The van der Waals surface area contributed by atoms with Crippen LogP contribution in [-0.2, 0) is 9.47 Å². The largest absolute Gasteiger partial charge is 0.353 e. The summed E-state index contributed by atoms with van der Waals surface area (Å²) in [5.74, 6) is 0. The Kier molecular flexibility index (Phi) is 4.62. The Morgan fingerprint density at radius 3 is 2.58 bits per heavy atom. The highest BCUT2D eigenvalue weighted by atomic mass is 16.7. The minimum absolute atomic E-state index is 0.0867. The maximum atomic E-state index is 5.77. The first-order valence-corrected chi connectivity index (χ1v) is 5.13. The molecule has 0 aliphatic carbocycles. The molecule has 0 aromatic carbocycles. The fourth-order valence-electron chi connectivity index (χ4n) is 1.51. The SMILES string of the molecule is CCC(CC)O[C@H]1CCCCO1. The fraction of sp³-hybridized carbons (Fsp3) is 1.00. The smallest absolute Gasteiger partial charge is 0.157 e. The van der Waals surface area contributed by atoms with Crippen LogP contribution < -0.4 is 0 Å². The lowest BCUT2D eigenvalue weighted by Gasteiger charge is -2.26. The minimum Gasteiger partial charge on any atom is -0.353 e. The van der Waals surface area contributed by atoms with E-state index in [9.17, 15) is 0 Å². The Morgan fingerprint density at radius 1 is 1.33 bits per heavy atom. The maximum absolute atomic E-state index is 5.77. The highest BCUT2D eigenvalue weighted by Gasteiger charge is 2.17. The molecule has 0 unspecified atom stereocenters. The van der Waals surface area contributed by atoms with Gasteiger partial charge in [0.1, 0.15) is 0 Å². The number of ether oxygens (including phenoxy) is 2. The average molecular weight is 172 g/mol. The van der Waals surface area contributed by atoms with Crippen molar-refractivity contribution in [1.29, 1.82) is 0 Å². The molecule has 1 atom stereocenters. The van der Waals surface area contributed by atoms with Crippen molar-refractivity contribution in [2.75, 3.05) is 6.61 Å². The summed E-state index contributed by atoms with van der Waals surface area (Å²) in [4.78, 5) is 0. The van der Waals surface area contributed by atoms with E-state index in [1.54, 1.807) is 0 Å². The third kappa shape index (κ3) is 3.11. The summed E-state index contributed by atoms with van der Waals surface area (Å²) in [6.45, 7) is 5.21. The molecule has 12 heavy (non-hydrogen) atoms. The fourth-order valence-corrected chi connectivity index (χ4v) is 1.51. The summed E-state index contributed by atoms with van der Waals surface area (Å²) >= 11 is 0. The van der Waals surface area contributed by atoms with Crippen molar-refractivity contribution in [2.45, 2.75) is 58.3 Å². The highest BCUT2D eigenvalue weighted by molar-refractivity contribution is 4.58. The lowest BCUT2D eigenvalue weighted by atomic mass is 10.2. The molecule has 0 aromatic heterocycles. The molecule has 1 aliphatic heterocycles. The highest BCUT2D eigenvalue weighted by Crippen LogP contribution is 2.17. The Labute approximate surface area is 75.2 Å². The first-order chi connectivity index (χ1) is 5.86. The van der Waals surface area contributed by atoms with Crippen LogP contribution in [0.5, 0.6) is 0 Å². The van der Waals surface area contributed by atoms with Gasteiger partial charge in [-0.15, -0.1) is 0 Å². The molecule has 0 amide bonds. The second-order valence-electron chi connectivity index (χ2n) is 3.37. The zero-order valence-electron chi connectivity index (χ0n) is 8.21. The second-order valence-corrected chi connectivity index (χ2v) is 3.37. The zero-order chi connectivity index (χ0) is 8.81. The van der Waals surface area contributed by atoms with Crippen LogP contribution in [0.1, 0.15) is 46.0 Å². The van der Waals surface area contributed by atoms with Gasteiger partial charge in [-0.3, -0.25) is 0 Å². The Morgan fingerprint density at radius 2 is 2.08 bits per heavy atom. The van der Waals surface area contributed by atoms with Crippen LogP contribution in [0.15, 0.2) is 0 Å². The van der Waals surface area contributed by atoms with Gasteiger partial charge in [-0.2, -0.15) is 0 Å². The minimum atomic E-state index is 0.0867. The number of rotatable bonds is 4. The number of hydrogen-bond donors (Lipinski definition) is 0. The quantitative estimate of drug-likeness (QED) is 0.649. The monoisotopic (exact) mass is 172 g/mol. The van der Waals surface area contributed by atoms with E-state index in [1.165, 1.54) is 12.8 Å². The van der Waals surface area contributed by atoms with Gasteiger partial charge in [0.05, 0.1) is 6.10 Å². The van der Waals surface area contributed by atoms with Crippen LogP contribution >= 0.6 is 0 Å². The van der Waals surface area contributed by atoms with Crippen molar-refractivity contribution in [2.24, 2.45) is 0 Å². The summed E-state index contributed by atoms with van der Waals surface area (Å²) < 4.78 is 11.3. The lowest BCUT2D eigenvalue weighted by molar-refractivity contribution is -0.188. The summed E-state index contributed by atoms with van der Waals surface area (Å²) in [6.07, 6.45) is 6.20. The molecule has 0 radical (unpaired) electrons. The van der Waals surface area contributed by atoms with E-state index in [0.29, 0.717) is 6.10 Å². The van der Waals surface area contributed by atoms with E-state index in [1.807, 2.05) is 0 Å². The molecule has 1 aliphatic rings. The molecule has 1 fully saturated rings. The second kappa shape index (κ2) is 5.55. The van der Waals surface area contributed by atoms with E-state index in [0.717, 1.165) is 25.9 Å². The third-order valence-electron chi connectivity index (χ3n) is 2.39. The average Bonchev–Trinajstić information content (AvgIpc) is 2.16. The van der Waals surface area contributed by atoms with Gasteiger partial charge >= 0.3 is 0 Å². The van der Waals surface area contributed by atoms with E-state index in [2.05, 4.69) is 13.8 Å². The van der Waals surface area contributed by atoms with Crippen molar-refractivity contribution < 1.29 is 9.47 Å². The molecule has 1 heterocycles. The van der Waals surface area contributed by atoms with Gasteiger partial charge in [0.25, 0.3) is 0 Å². The summed E-state index contributed by atoms with van der Waals surface area (Å²) in [6, 6.07) is 0. The Bertz CT molecular complexity index is 104. The van der Waals surface area contributed by atoms with Crippen molar-refractivity contribution in [1.82, 2.24) is 0 Å². The van der Waals surface area contributed by atoms with Crippen LogP contribution in [0.2, 0.25) is 0 Å². The molecule has 0 N–H and O–H groups in total. The van der Waals surface area contributed by atoms with E-state index in [4.69, 9.17) is 9.47 Å². The number of hydrogen-bond acceptors (Lipinski definition) is 2. The van der Waals surface area contributed by atoms with Crippen LogP contribution in [0.25, 0.3) is 0 Å². The van der Waals surface area contributed by atoms with Gasteiger partial charge in [0.15, 0.2) is 6.29 Å². The molecule has 72 valence electrons. The molecule has 2 nitrogen and oxygen atoms in total. The molecule has 1 rings (SSSR count). The zero-order valence-corrected chi connectivity index (χ0v) is 8.21. The van der Waals surface area contributed by atoms with Crippen LogP contribution in [0.4, 0.5) is 0 Å². The molecule has 2 heteroatoms. The Hall–Kier alpha value is -0.0800. The third-order valence-corrected chi connectivity index (χ3v) is 2.39. The van der Waals surface area contributed by atoms with Gasteiger partial charge in [0.2, 0.25) is 0 Å². The molecule has 0 saturated carbocycles.